The molecule has 0 aliphatic heterocycles. The molecule has 0 aromatic carbocycles. The molecule has 0 saturated carbocycles. The van der Waals surface area contributed by atoms with E-state index in [0.717, 1.165) is 12.2 Å². The summed E-state index contributed by atoms with van der Waals surface area (Å²) in [5.74, 6) is 0.270. The van der Waals surface area contributed by atoms with Crippen molar-refractivity contribution in [2.75, 3.05) is 0 Å². The summed E-state index contributed by atoms with van der Waals surface area (Å²) in [6.07, 6.45) is 2.71. The van der Waals surface area contributed by atoms with Crippen LogP contribution in [0.4, 0.5) is 4.79 Å². The first kappa shape index (κ1) is 16.0. The fourth-order valence-electron chi connectivity index (χ4n) is 1.65. The highest BCUT2D eigenvalue weighted by Gasteiger charge is 2.21. The summed E-state index contributed by atoms with van der Waals surface area (Å²) in [5, 5.41) is 14.0. The average molecular weight is 283 g/mol. The molecular formula is C13H21N3O4. The third-order valence-corrected chi connectivity index (χ3v) is 2.66. The summed E-state index contributed by atoms with van der Waals surface area (Å²) in [4.78, 5) is 26.6. The maximum Gasteiger partial charge on any atom is 0.326 e. The Balaban J connectivity index is 2.43. The van der Waals surface area contributed by atoms with Crippen LogP contribution in [0.3, 0.4) is 0 Å². The molecule has 1 aromatic rings. The van der Waals surface area contributed by atoms with Crippen LogP contribution in [0.1, 0.15) is 38.8 Å². The molecule has 0 spiro atoms. The van der Waals surface area contributed by atoms with Gasteiger partial charge in [-0.15, -0.1) is 0 Å². The number of nitrogens with one attached hydrogen (secondary N) is 2. The zero-order valence-electron chi connectivity index (χ0n) is 12.0. The van der Waals surface area contributed by atoms with E-state index in [4.69, 9.17) is 9.52 Å². The normalized spacial score (nSPS) is 12.2. The van der Waals surface area contributed by atoms with Gasteiger partial charge in [0, 0.05) is 6.42 Å². The molecule has 1 aromatic heterocycles. The molecule has 0 fully saturated rings. The van der Waals surface area contributed by atoms with Crippen LogP contribution in [0.2, 0.25) is 0 Å². The van der Waals surface area contributed by atoms with E-state index in [-0.39, 0.29) is 12.5 Å². The number of aromatic nitrogens is 1. The summed E-state index contributed by atoms with van der Waals surface area (Å²) in [6, 6.07) is -1.44. The van der Waals surface area contributed by atoms with Crippen LogP contribution in [-0.2, 0) is 17.8 Å². The number of nitrogens with zero attached hydrogens (tertiary/aromatic N) is 1. The lowest BCUT2D eigenvalue weighted by Gasteiger charge is -2.16. The van der Waals surface area contributed by atoms with Crippen molar-refractivity contribution in [1.29, 1.82) is 0 Å². The number of urea groups is 1. The van der Waals surface area contributed by atoms with Crippen LogP contribution >= 0.6 is 0 Å². The molecule has 1 unspecified atom stereocenters. The summed E-state index contributed by atoms with van der Waals surface area (Å²) in [7, 11) is 0. The second-order valence-corrected chi connectivity index (χ2v) is 4.92. The van der Waals surface area contributed by atoms with Crippen molar-refractivity contribution in [2.24, 2.45) is 5.92 Å². The molecule has 0 bridgehead atoms. The minimum atomic E-state index is -1.04. The van der Waals surface area contributed by atoms with Gasteiger partial charge in [0.15, 0.2) is 0 Å². The van der Waals surface area contributed by atoms with E-state index >= 15 is 0 Å². The molecule has 20 heavy (non-hydrogen) atoms. The number of aryl methyl sites for hydroxylation is 1. The van der Waals surface area contributed by atoms with Gasteiger partial charge in [0.05, 0.1) is 12.7 Å². The average Bonchev–Trinajstić information content (AvgIpc) is 2.83. The minimum absolute atomic E-state index is 0.125. The molecule has 3 N–H and O–H groups in total. The molecular weight excluding hydrogens is 262 g/mol. The van der Waals surface area contributed by atoms with Gasteiger partial charge in [-0.05, 0) is 12.3 Å². The number of amides is 2. The summed E-state index contributed by atoms with van der Waals surface area (Å²) < 4.78 is 5.33. The topological polar surface area (TPSA) is 104 Å². The zero-order chi connectivity index (χ0) is 15.1. The van der Waals surface area contributed by atoms with Gasteiger partial charge in [-0.1, -0.05) is 20.8 Å². The fourth-order valence-corrected chi connectivity index (χ4v) is 1.65. The van der Waals surface area contributed by atoms with Gasteiger partial charge in [-0.2, -0.15) is 0 Å². The highest BCUT2D eigenvalue weighted by atomic mass is 16.4. The molecule has 1 rings (SSSR count). The number of carboxylic acid groups (broad SMARTS) is 1. The Morgan fingerprint density at radius 2 is 2.15 bits per heavy atom. The van der Waals surface area contributed by atoms with Gasteiger partial charge in [-0.3, -0.25) is 0 Å². The Labute approximate surface area is 117 Å². The number of carbonyl (C=O) groups is 2. The van der Waals surface area contributed by atoms with Crippen LogP contribution in [0.25, 0.3) is 0 Å². The fraction of sp³-hybridized carbons (Fsp3) is 0.615. The van der Waals surface area contributed by atoms with E-state index in [1.54, 1.807) is 6.20 Å². The van der Waals surface area contributed by atoms with Crippen molar-refractivity contribution in [2.45, 2.75) is 46.2 Å². The molecule has 7 heteroatoms. The Morgan fingerprint density at radius 3 is 2.65 bits per heavy atom. The number of hydrogen-bond donors (Lipinski definition) is 3. The van der Waals surface area contributed by atoms with Gasteiger partial charge in [-0.25, -0.2) is 14.6 Å². The van der Waals surface area contributed by atoms with Gasteiger partial charge in [0.1, 0.15) is 11.8 Å². The molecule has 1 atom stereocenters. The largest absolute Gasteiger partial charge is 0.480 e. The maximum atomic E-state index is 11.6. The second-order valence-electron chi connectivity index (χ2n) is 4.92. The van der Waals surface area contributed by atoms with Gasteiger partial charge in [0.25, 0.3) is 0 Å². The maximum absolute atomic E-state index is 11.6. The number of hydrogen-bond acceptors (Lipinski definition) is 4. The van der Waals surface area contributed by atoms with Crippen LogP contribution in [0, 0.1) is 5.92 Å². The molecule has 0 aliphatic carbocycles. The molecule has 1 heterocycles. The van der Waals surface area contributed by atoms with Crippen LogP contribution in [-0.4, -0.2) is 28.1 Å². The van der Waals surface area contributed by atoms with Crippen LogP contribution in [0.5, 0.6) is 0 Å². The van der Waals surface area contributed by atoms with E-state index in [1.807, 2.05) is 20.8 Å². The Hall–Kier alpha value is -2.05. The van der Waals surface area contributed by atoms with E-state index < -0.39 is 18.0 Å². The van der Waals surface area contributed by atoms with Crippen LogP contribution in [0.15, 0.2) is 10.6 Å². The SMILES string of the molecule is CCc1cnc(CNC(=O)NC(CC(C)C)C(=O)O)o1. The summed E-state index contributed by atoms with van der Waals surface area (Å²) >= 11 is 0. The predicted octanol–water partition coefficient (Wildman–Crippen LogP) is 1.54. The van der Waals surface area contributed by atoms with Crippen molar-refractivity contribution in [3.05, 3.63) is 17.8 Å². The predicted molar refractivity (Wildman–Crippen MR) is 72.1 cm³/mol. The molecule has 112 valence electrons. The smallest absolute Gasteiger partial charge is 0.326 e. The van der Waals surface area contributed by atoms with Gasteiger partial charge < -0.3 is 20.2 Å². The zero-order valence-corrected chi connectivity index (χ0v) is 12.0. The van der Waals surface area contributed by atoms with E-state index in [0.29, 0.717) is 12.3 Å². The van der Waals surface area contributed by atoms with E-state index in [2.05, 4.69) is 15.6 Å². The molecule has 2 amide bonds. The minimum Gasteiger partial charge on any atom is -0.480 e. The lowest BCUT2D eigenvalue weighted by atomic mass is 10.0. The first-order valence-electron chi connectivity index (χ1n) is 6.63. The number of carbonyl (C=O) groups excluding carboxylic acids is 1. The molecule has 0 saturated heterocycles. The summed E-state index contributed by atoms with van der Waals surface area (Å²) in [6.45, 7) is 5.86. The standard InChI is InChI=1S/C13H21N3O4/c1-4-9-6-14-11(20-9)7-15-13(19)16-10(12(17)18)5-8(2)3/h6,8,10H,4-5,7H2,1-3H3,(H,17,18)(H2,15,16,19). The van der Waals surface area contributed by atoms with E-state index in [1.165, 1.54) is 0 Å². The number of rotatable bonds is 7. The third kappa shape index (κ3) is 5.29. The number of aliphatic carboxylic acids is 1. The van der Waals surface area contributed by atoms with Crippen molar-refractivity contribution in [3.8, 4) is 0 Å². The highest BCUT2D eigenvalue weighted by molar-refractivity contribution is 5.82. The van der Waals surface area contributed by atoms with Crippen LogP contribution < -0.4 is 10.6 Å². The van der Waals surface area contributed by atoms with Crippen molar-refractivity contribution in [1.82, 2.24) is 15.6 Å². The van der Waals surface area contributed by atoms with Gasteiger partial charge in [0.2, 0.25) is 5.89 Å². The quantitative estimate of drug-likeness (QED) is 0.704. The Bertz CT molecular complexity index is 456. The Morgan fingerprint density at radius 1 is 1.45 bits per heavy atom. The highest BCUT2D eigenvalue weighted by Crippen LogP contribution is 2.05. The Kier molecular flexibility index (Phi) is 6.02. The van der Waals surface area contributed by atoms with Crippen molar-refractivity contribution < 1.29 is 19.1 Å². The number of oxazole rings is 1. The summed E-state index contributed by atoms with van der Waals surface area (Å²) in [5.41, 5.74) is 0. The third-order valence-electron chi connectivity index (χ3n) is 2.66. The van der Waals surface area contributed by atoms with Crippen molar-refractivity contribution in [3.63, 3.8) is 0 Å². The number of carboxylic acids is 1. The first-order valence-corrected chi connectivity index (χ1v) is 6.63. The van der Waals surface area contributed by atoms with E-state index in [9.17, 15) is 9.59 Å². The lowest BCUT2D eigenvalue weighted by Crippen LogP contribution is -2.46. The van der Waals surface area contributed by atoms with Crippen molar-refractivity contribution >= 4 is 12.0 Å². The second kappa shape index (κ2) is 7.52. The first-order chi connectivity index (χ1) is 9.42. The lowest BCUT2D eigenvalue weighted by molar-refractivity contribution is -0.139. The van der Waals surface area contributed by atoms with Gasteiger partial charge >= 0.3 is 12.0 Å². The molecule has 0 radical (unpaired) electrons. The monoisotopic (exact) mass is 283 g/mol. The molecule has 0 aliphatic rings. The molecule has 7 nitrogen and oxygen atoms in total.